The van der Waals surface area contributed by atoms with Crippen molar-refractivity contribution >= 4 is 165 Å². The summed E-state index contributed by atoms with van der Waals surface area (Å²) in [6, 6.07) is 167. The summed E-state index contributed by atoms with van der Waals surface area (Å²) in [6.07, 6.45) is 0. The number of nitrogens with zero attached hydrogens (tertiary/aromatic N) is 6. The van der Waals surface area contributed by atoms with E-state index < -0.39 is 0 Å². The average Bonchev–Trinajstić information content (AvgIpc) is 1.47. The molecule has 0 spiro atoms. The Morgan fingerprint density at radius 2 is 0.362 bits per heavy atom. The minimum absolute atomic E-state index is 1.03. The number of hydrogen-bond acceptors (Lipinski definition) is 8. The molecule has 0 saturated heterocycles. The van der Waals surface area contributed by atoms with Gasteiger partial charge < -0.3 is 29.4 Å². The second-order valence-corrected chi connectivity index (χ2v) is 31.0. The van der Waals surface area contributed by atoms with Gasteiger partial charge in [-0.05, 0) is 276 Å². The van der Waals surface area contributed by atoms with Crippen LogP contribution in [0.1, 0.15) is 0 Å². The first-order valence-electron chi connectivity index (χ1n) is 39.3. The molecule has 18 aromatic carbocycles. The minimum atomic E-state index is 1.03. The molecule has 0 saturated carbocycles. The van der Waals surface area contributed by atoms with Crippen molar-refractivity contribution < 1.29 is 0 Å². The second-order valence-electron chi connectivity index (χ2n) is 28.9. The fraction of sp³-hybridized carbons (Fsp3) is 0. The number of thiophene rings is 2. The maximum atomic E-state index is 2.37. The summed E-state index contributed by atoms with van der Waals surface area (Å²) in [5, 5.41) is 5.18. The van der Waals surface area contributed by atoms with Gasteiger partial charge in [0.15, 0.2) is 0 Å². The van der Waals surface area contributed by atoms with E-state index in [0.717, 1.165) is 113 Å². The molecular weight excluding hydrogens is 1450 g/mol. The number of rotatable bonds is 21. The van der Waals surface area contributed by atoms with Gasteiger partial charge in [-0.2, -0.15) is 0 Å². The third kappa shape index (κ3) is 13.9. The van der Waals surface area contributed by atoms with Crippen molar-refractivity contribution in [3.63, 3.8) is 0 Å². The molecule has 2 heterocycles. The molecule has 0 radical (unpaired) electrons. The maximum Gasteiger partial charge on any atom is 0.0467 e. The van der Waals surface area contributed by atoms with Gasteiger partial charge >= 0.3 is 0 Å². The second kappa shape index (κ2) is 31.4. The first-order chi connectivity index (χ1) is 57.5. The number of fused-ring (bicyclic) bond motifs is 6. The van der Waals surface area contributed by atoms with Crippen molar-refractivity contribution in [2.75, 3.05) is 29.4 Å². The molecule has 0 aliphatic rings. The van der Waals surface area contributed by atoms with Gasteiger partial charge in [0.25, 0.3) is 0 Å². The number of anilines is 18. The van der Waals surface area contributed by atoms with Crippen molar-refractivity contribution in [2.24, 2.45) is 0 Å². The summed E-state index contributed by atoms with van der Waals surface area (Å²) in [7, 11) is 0. The number of hydrogen-bond donors (Lipinski definition) is 0. The quantitative estimate of drug-likeness (QED) is 0.0709. The van der Waals surface area contributed by atoms with Gasteiger partial charge in [-0.15, -0.1) is 22.7 Å². The lowest BCUT2D eigenvalue weighted by Crippen LogP contribution is -2.13. The Kier molecular flexibility index (Phi) is 19.0. The third-order valence-electron chi connectivity index (χ3n) is 21.8. The first-order valence-corrected chi connectivity index (χ1v) is 40.9. The van der Waals surface area contributed by atoms with Crippen LogP contribution in [0.4, 0.5) is 102 Å². The zero-order valence-electron chi connectivity index (χ0n) is 63.4. The Balaban J connectivity index is 0.615. The molecule has 0 N–H and O–H groups in total. The molecule has 0 unspecified atom stereocenters. The SMILES string of the molecule is c1ccc(N(c2ccccc2)c2ccc(N(c3ccc(-c4ccc5sc6ccccc6c5c4)cc3)c3ccc(N(c4ccccc4)c4ccc(-c5cccc(N(c6ccccc6)c6ccc(N(c7ccc(-c8cccc9c8sc8ccccc89)cc7)c7ccc(N(c8ccccc8)c8ccccc8)cc7)cc6)c5)cc4)cc3)cc2)cc1. The van der Waals surface area contributed by atoms with E-state index in [1.165, 1.54) is 62.6 Å². The normalized spacial score (nSPS) is 11.3. The standard InChI is InChI=1S/C108H76N6S2/c1-7-26-82(27-8-1)109(83-28-9-2-10-29-83)91-58-64-94(65-59-91)112(89-54-47-78(48-55-89)81-51-74-107-104(76-81)102-40-20-21-43-105(102)115-107)95-68-62-93(63-69-95)111(86-34-15-5-16-35-86)88-52-45-77(46-53-88)80-25-23-38-99(75-80)114(87-36-17-6-18-37-87)98-72-70-97(71-73-98)113(96-66-60-92(61-67-96)110(84-30-11-3-12-31-84)85-32-13-4-14-33-85)90-56-49-79(50-57-90)100-41-24-42-103-101-39-19-22-44-106(101)116-108(100)103/h1-76H. The van der Waals surface area contributed by atoms with Crippen LogP contribution in [0.3, 0.4) is 0 Å². The number of para-hydroxylation sites is 6. The van der Waals surface area contributed by atoms with Crippen molar-refractivity contribution in [3.8, 4) is 33.4 Å². The van der Waals surface area contributed by atoms with Crippen molar-refractivity contribution in [2.45, 2.75) is 0 Å². The first kappa shape index (κ1) is 70.3. The lowest BCUT2D eigenvalue weighted by Gasteiger charge is -2.30. The van der Waals surface area contributed by atoms with Crippen LogP contribution in [0.15, 0.2) is 461 Å². The molecule has 0 amide bonds. The van der Waals surface area contributed by atoms with Gasteiger partial charge in [0, 0.05) is 143 Å². The van der Waals surface area contributed by atoms with E-state index in [4.69, 9.17) is 0 Å². The summed E-state index contributed by atoms with van der Waals surface area (Å²) >= 11 is 3.72. The molecule has 6 nitrogen and oxygen atoms in total. The topological polar surface area (TPSA) is 19.4 Å². The highest BCUT2D eigenvalue weighted by atomic mass is 32.1. The predicted octanol–water partition coefficient (Wildman–Crippen LogP) is 32.2. The molecule has 0 fully saturated rings. The van der Waals surface area contributed by atoms with Crippen LogP contribution in [0.2, 0.25) is 0 Å². The number of benzene rings is 18. The molecule has 0 bridgehead atoms. The maximum absolute atomic E-state index is 2.37. The van der Waals surface area contributed by atoms with Crippen LogP contribution in [-0.2, 0) is 0 Å². The van der Waals surface area contributed by atoms with Crippen LogP contribution in [-0.4, -0.2) is 0 Å². The highest BCUT2D eigenvalue weighted by Gasteiger charge is 2.23. The van der Waals surface area contributed by atoms with Crippen molar-refractivity contribution in [1.82, 2.24) is 0 Å². The van der Waals surface area contributed by atoms with Crippen LogP contribution >= 0.6 is 22.7 Å². The van der Waals surface area contributed by atoms with Gasteiger partial charge in [-0.3, -0.25) is 0 Å². The Morgan fingerprint density at radius 3 is 0.716 bits per heavy atom. The molecule has 8 heteroatoms. The molecule has 116 heavy (non-hydrogen) atoms. The molecule has 0 atom stereocenters. The van der Waals surface area contributed by atoms with Gasteiger partial charge in [-0.1, -0.05) is 218 Å². The summed E-state index contributed by atoms with van der Waals surface area (Å²) in [5.41, 5.74) is 26.0. The zero-order valence-corrected chi connectivity index (χ0v) is 65.0. The van der Waals surface area contributed by atoms with Gasteiger partial charge in [0.1, 0.15) is 0 Å². The van der Waals surface area contributed by atoms with Gasteiger partial charge in [0.05, 0.1) is 0 Å². The van der Waals surface area contributed by atoms with Crippen LogP contribution in [0, 0.1) is 0 Å². The highest BCUT2D eigenvalue weighted by molar-refractivity contribution is 7.26. The summed E-state index contributed by atoms with van der Waals surface area (Å²) in [5.74, 6) is 0. The smallest absolute Gasteiger partial charge is 0.0467 e. The fourth-order valence-electron chi connectivity index (χ4n) is 16.2. The monoisotopic (exact) mass is 1520 g/mol. The Labute approximate surface area is 684 Å². The molecular formula is C108H76N6S2. The lowest BCUT2D eigenvalue weighted by molar-refractivity contribution is 1.24. The molecule has 20 rings (SSSR count). The van der Waals surface area contributed by atoms with Gasteiger partial charge in [-0.25, -0.2) is 0 Å². The van der Waals surface area contributed by atoms with Crippen molar-refractivity contribution in [3.05, 3.63) is 461 Å². The zero-order chi connectivity index (χ0) is 77.1. The molecule has 2 aromatic heterocycles. The highest BCUT2D eigenvalue weighted by Crippen LogP contribution is 2.48. The van der Waals surface area contributed by atoms with E-state index in [1.54, 1.807) is 0 Å². The summed E-state index contributed by atoms with van der Waals surface area (Å²) in [6.45, 7) is 0. The third-order valence-corrected chi connectivity index (χ3v) is 24.2. The van der Waals surface area contributed by atoms with E-state index in [2.05, 4.69) is 490 Å². The van der Waals surface area contributed by atoms with E-state index in [-0.39, 0.29) is 0 Å². The van der Waals surface area contributed by atoms with E-state index in [0.29, 0.717) is 0 Å². The van der Waals surface area contributed by atoms with Gasteiger partial charge in [0.2, 0.25) is 0 Å². The molecule has 0 aliphatic heterocycles. The van der Waals surface area contributed by atoms with E-state index in [1.807, 2.05) is 22.7 Å². The Bertz CT molecular complexity index is 6690. The lowest BCUT2D eigenvalue weighted by atomic mass is 10.0. The van der Waals surface area contributed by atoms with E-state index in [9.17, 15) is 0 Å². The van der Waals surface area contributed by atoms with Crippen LogP contribution in [0.5, 0.6) is 0 Å². The van der Waals surface area contributed by atoms with Crippen LogP contribution < -0.4 is 29.4 Å². The molecule has 550 valence electrons. The average molecular weight is 1520 g/mol. The predicted molar refractivity (Wildman–Crippen MR) is 497 cm³/mol. The summed E-state index contributed by atoms with van der Waals surface area (Å²) < 4.78 is 5.21. The molecule has 0 aliphatic carbocycles. The fourth-order valence-corrected chi connectivity index (χ4v) is 18.6. The van der Waals surface area contributed by atoms with E-state index >= 15 is 0 Å². The largest absolute Gasteiger partial charge is 0.311 e. The summed E-state index contributed by atoms with van der Waals surface area (Å²) in [4.78, 5) is 14.1. The molecule has 20 aromatic rings. The van der Waals surface area contributed by atoms with Crippen molar-refractivity contribution in [1.29, 1.82) is 0 Å². The minimum Gasteiger partial charge on any atom is -0.311 e. The Morgan fingerprint density at radius 1 is 0.129 bits per heavy atom. The van der Waals surface area contributed by atoms with Crippen LogP contribution in [0.25, 0.3) is 73.7 Å². The Hall–Kier alpha value is -14.8.